The van der Waals surface area contributed by atoms with Crippen LogP contribution >= 0.6 is 0 Å². The molecule has 0 aromatic heterocycles. The zero-order valence-electron chi connectivity index (χ0n) is 26.2. The van der Waals surface area contributed by atoms with Crippen LogP contribution in [0.3, 0.4) is 0 Å². The lowest BCUT2D eigenvalue weighted by Gasteiger charge is -2.10. The number of benzene rings is 1. The fraction of sp³-hybridized carbons (Fsp3) is 0.771. The van der Waals surface area contributed by atoms with Gasteiger partial charge in [-0.2, -0.15) is 8.42 Å². The standard InChI is InChI=1S/C35H60O4S/c1-4-6-8-10-12-14-15-16-17-18-19-21-23-26-33-30-34(27-25-29-39-40(3,36)37)32-35(31-33)38-28-24-22-20-13-11-9-7-5-2/h30-32H,4-24,26,28-29H2,1-3H3. The third-order valence-corrected chi connectivity index (χ3v) is 7.93. The van der Waals surface area contributed by atoms with Crippen LogP contribution in [0.2, 0.25) is 0 Å². The Labute approximate surface area is 248 Å². The number of aryl methyl sites for hydroxylation is 1. The maximum atomic E-state index is 11.2. The third-order valence-electron chi connectivity index (χ3n) is 7.38. The smallest absolute Gasteiger partial charge is 0.265 e. The molecule has 0 amide bonds. The largest absolute Gasteiger partial charge is 0.494 e. The first kappa shape index (κ1) is 36.5. The molecule has 0 spiro atoms. The minimum absolute atomic E-state index is 0.129. The number of rotatable bonds is 26. The highest BCUT2D eigenvalue weighted by molar-refractivity contribution is 7.86. The average molecular weight is 577 g/mol. The molecule has 0 saturated carbocycles. The van der Waals surface area contributed by atoms with Crippen molar-refractivity contribution in [1.82, 2.24) is 0 Å². The second kappa shape index (κ2) is 25.2. The van der Waals surface area contributed by atoms with Gasteiger partial charge in [0.05, 0.1) is 12.9 Å². The van der Waals surface area contributed by atoms with Crippen LogP contribution in [-0.2, 0) is 20.7 Å². The topological polar surface area (TPSA) is 52.6 Å². The summed E-state index contributed by atoms with van der Waals surface area (Å²) >= 11 is 0. The third kappa shape index (κ3) is 23.2. The summed E-state index contributed by atoms with van der Waals surface area (Å²) in [7, 11) is -3.48. The van der Waals surface area contributed by atoms with E-state index in [1.807, 2.05) is 6.07 Å². The Hall–Kier alpha value is -1.51. The van der Waals surface area contributed by atoms with Gasteiger partial charge in [-0.15, -0.1) is 0 Å². The molecule has 1 aromatic rings. The summed E-state index contributed by atoms with van der Waals surface area (Å²) in [5, 5.41) is 0. The highest BCUT2D eigenvalue weighted by Gasteiger charge is 2.04. The van der Waals surface area contributed by atoms with Gasteiger partial charge in [0.25, 0.3) is 10.1 Å². The van der Waals surface area contributed by atoms with Crippen molar-refractivity contribution < 1.29 is 17.3 Å². The van der Waals surface area contributed by atoms with Gasteiger partial charge in [-0.05, 0) is 43.0 Å². The number of hydrogen-bond acceptors (Lipinski definition) is 4. The molecule has 1 aromatic carbocycles. The van der Waals surface area contributed by atoms with Gasteiger partial charge in [0.2, 0.25) is 0 Å². The zero-order chi connectivity index (χ0) is 29.2. The van der Waals surface area contributed by atoms with E-state index in [0.717, 1.165) is 37.0 Å². The van der Waals surface area contributed by atoms with Crippen molar-refractivity contribution in [3.8, 4) is 17.6 Å². The average Bonchev–Trinajstić information content (AvgIpc) is 2.92. The Kier molecular flexibility index (Phi) is 23.0. The number of ether oxygens (including phenoxy) is 1. The molecule has 4 nitrogen and oxygen atoms in total. The van der Waals surface area contributed by atoms with E-state index in [-0.39, 0.29) is 6.61 Å². The van der Waals surface area contributed by atoms with E-state index in [4.69, 9.17) is 8.92 Å². The van der Waals surface area contributed by atoms with Gasteiger partial charge in [0.1, 0.15) is 12.4 Å². The first-order valence-corrected chi connectivity index (χ1v) is 18.4. The predicted molar refractivity (Wildman–Crippen MR) is 172 cm³/mol. The summed E-state index contributed by atoms with van der Waals surface area (Å²) in [6.07, 6.45) is 29.9. The van der Waals surface area contributed by atoms with Gasteiger partial charge < -0.3 is 4.74 Å². The maximum Gasteiger partial charge on any atom is 0.265 e. The van der Waals surface area contributed by atoms with Gasteiger partial charge in [0, 0.05) is 5.56 Å². The molecule has 0 aliphatic heterocycles. The Morgan fingerprint density at radius 2 is 1.10 bits per heavy atom. The molecule has 230 valence electrons. The normalized spacial score (nSPS) is 11.4. The fourth-order valence-electron chi connectivity index (χ4n) is 5.01. The molecular weight excluding hydrogens is 516 g/mol. The van der Waals surface area contributed by atoms with Crippen LogP contribution in [-0.4, -0.2) is 27.9 Å². The molecule has 0 unspecified atom stereocenters. The Morgan fingerprint density at radius 1 is 0.625 bits per heavy atom. The van der Waals surface area contributed by atoms with Gasteiger partial charge in [-0.3, -0.25) is 4.18 Å². The van der Waals surface area contributed by atoms with Crippen LogP contribution in [0.25, 0.3) is 0 Å². The van der Waals surface area contributed by atoms with Crippen molar-refractivity contribution in [2.75, 3.05) is 19.5 Å². The summed E-state index contributed by atoms with van der Waals surface area (Å²) < 4.78 is 33.3. The molecule has 1 rings (SSSR count). The van der Waals surface area contributed by atoms with Crippen molar-refractivity contribution in [1.29, 1.82) is 0 Å². The summed E-state index contributed by atoms with van der Waals surface area (Å²) in [5.41, 5.74) is 2.10. The highest BCUT2D eigenvalue weighted by atomic mass is 32.2. The molecule has 0 aliphatic carbocycles. The molecule has 40 heavy (non-hydrogen) atoms. The van der Waals surface area contributed by atoms with Crippen molar-refractivity contribution >= 4 is 10.1 Å². The van der Waals surface area contributed by atoms with Crippen LogP contribution in [0.4, 0.5) is 0 Å². The molecule has 0 fully saturated rings. The number of hydrogen-bond donors (Lipinski definition) is 0. The van der Waals surface area contributed by atoms with Crippen LogP contribution in [0.15, 0.2) is 18.2 Å². The van der Waals surface area contributed by atoms with Gasteiger partial charge in [0.15, 0.2) is 0 Å². The molecule has 0 aliphatic rings. The highest BCUT2D eigenvalue weighted by Crippen LogP contribution is 2.20. The second-order valence-electron chi connectivity index (χ2n) is 11.4. The molecule has 0 bridgehead atoms. The number of unbranched alkanes of at least 4 members (excludes halogenated alkanes) is 19. The van der Waals surface area contributed by atoms with Crippen molar-refractivity contribution in [3.05, 3.63) is 29.3 Å². The summed E-state index contributed by atoms with van der Waals surface area (Å²) in [4.78, 5) is 0. The van der Waals surface area contributed by atoms with E-state index in [2.05, 4.69) is 37.8 Å². The molecule has 0 heterocycles. The quantitative estimate of drug-likeness (QED) is 0.0625. The molecule has 0 radical (unpaired) electrons. The van der Waals surface area contributed by atoms with Crippen LogP contribution in [0.5, 0.6) is 5.75 Å². The predicted octanol–water partition coefficient (Wildman–Crippen LogP) is 10.2. The van der Waals surface area contributed by atoms with E-state index < -0.39 is 10.1 Å². The van der Waals surface area contributed by atoms with E-state index in [9.17, 15) is 8.42 Å². The van der Waals surface area contributed by atoms with E-state index in [0.29, 0.717) is 0 Å². The van der Waals surface area contributed by atoms with Gasteiger partial charge in [-0.25, -0.2) is 0 Å². The Bertz CT molecular complexity index is 898. The van der Waals surface area contributed by atoms with Crippen molar-refractivity contribution in [2.24, 2.45) is 0 Å². The summed E-state index contributed by atoms with van der Waals surface area (Å²) in [6, 6.07) is 6.23. The minimum atomic E-state index is -3.48. The van der Waals surface area contributed by atoms with Crippen LogP contribution in [0, 0.1) is 11.8 Å². The monoisotopic (exact) mass is 576 g/mol. The first-order chi connectivity index (χ1) is 19.4. The lowest BCUT2D eigenvalue weighted by Crippen LogP contribution is -2.02. The maximum absolute atomic E-state index is 11.2. The van der Waals surface area contributed by atoms with E-state index in [1.54, 1.807) is 0 Å². The summed E-state index contributed by atoms with van der Waals surface area (Å²) in [6.45, 7) is 5.13. The Balaban J connectivity index is 2.39. The lowest BCUT2D eigenvalue weighted by molar-refractivity contribution is 0.304. The molecule has 0 atom stereocenters. The molecule has 5 heteroatoms. The molecule has 0 saturated heterocycles. The van der Waals surface area contributed by atoms with Crippen molar-refractivity contribution in [3.63, 3.8) is 0 Å². The zero-order valence-corrected chi connectivity index (χ0v) is 27.1. The van der Waals surface area contributed by atoms with Gasteiger partial charge in [-0.1, -0.05) is 148 Å². The summed E-state index contributed by atoms with van der Waals surface area (Å²) in [5.74, 6) is 6.76. The second-order valence-corrected chi connectivity index (χ2v) is 13.1. The van der Waals surface area contributed by atoms with Gasteiger partial charge >= 0.3 is 0 Å². The van der Waals surface area contributed by atoms with Crippen LogP contribution < -0.4 is 4.74 Å². The van der Waals surface area contributed by atoms with Crippen molar-refractivity contribution in [2.45, 2.75) is 155 Å². The molecule has 0 N–H and O–H groups in total. The minimum Gasteiger partial charge on any atom is -0.494 e. The van der Waals surface area contributed by atoms with E-state index >= 15 is 0 Å². The lowest BCUT2D eigenvalue weighted by atomic mass is 10.0. The van der Waals surface area contributed by atoms with E-state index in [1.165, 1.54) is 134 Å². The SMILES string of the molecule is CCCCCCCCCCCCCCCc1cc(C#CCOS(C)(=O)=O)cc(OCCCCCCCCCC)c1. The van der Waals surface area contributed by atoms with Crippen LogP contribution in [0.1, 0.15) is 160 Å². The first-order valence-electron chi connectivity index (χ1n) is 16.5. The fourth-order valence-corrected chi connectivity index (χ4v) is 5.28. The molecular formula is C35H60O4S. The Morgan fingerprint density at radius 3 is 1.60 bits per heavy atom.